The molecule has 34 heavy (non-hydrogen) atoms. The Morgan fingerprint density at radius 2 is 1.15 bits per heavy atom. The van der Waals surface area contributed by atoms with Crippen molar-refractivity contribution in [2.24, 2.45) is 5.16 Å². The highest BCUT2D eigenvalue weighted by atomic mass is 79.9. The molecule has 0 saturated carbocycles. The highest BCUT2D eigenvalue weighted by Gasteiger charge is 2.08. The summed E-state index contributed by atoms with van der Waals surface area (Å²) < 4.78 is 0.0985. The number of rotatable bonds is 4. The molecule has 0 unspecified atom stereocenters. The second-order valence-corrected chi connectivity index (χ2v) is 11.0. The second-order valence-electron chi connectivity index (χ2n) is 7.12. The van der Waals surface area contributed by atoms with Crippen LogP contribution >= 0.6 is 55.1 Å². The molecule has 4 aromatic rings. The standard InChI is InChI=1S/C13H9Br2ClO.C13H10ClNO2/c14-13(15)9-3-6-11(12(16)7-9)8-1-4-10(17)5-2-8;14-13-7-9(8-15-17)1-6-12(13)10-2-4-11(16)5-3-10/h1-7,13,17H;1-8,16-17H/b;15-8+. The fourth-order valence-electron chi connectivity index (χ4n) is 3.10. The van der Waals surface area contributed by atoms with Crippen LogP contribution in [0.15, 0.2) is 90.1 Å². The Kier molecular flexibility index (Phi) is 9.42. The molecule has 0 fully saturated rings. The van der Waals surface area contributed by atoms with Gasteiger partial charge in [0.1, 0.15) is 11.5 Å². The molecule has 8 heteroatoms. The van der Waals surface area contributed by atoms with Crippen molar-refractivity contribution in [2.45, 2.75) is 3.74 Å². The molecular weight excluding hydrogens is 605 g/mol. The van der Waals surface area contributed by atoms with Crippen LogP contribution in [0, 0.1) is 0 Å². The first-order valence-corrected chi connectivity index (χ1v) is 12.5. The van der Waals surface area contributed by atoms with Crippen molar-refractivity contribution >= 4 is 61.3 Å². The molecule has 0 atom stereocenters. The lowest BCUT2D eigenvalue weighted by Gasteiger charge is -2.08. The summed E-state index contributed by atoms with van der Waals surface area (Å²) in [5.41, 5.74) is 5.51. The van der Waals surface area contributed by atoms with Gasteiger partial charge in [0.05, 0.1) is 9.95 Å². The number of hydrogen-bond donors (Lipinski definition) is 3. The van der Waals surface area contributed by atoms with Crippen molar-refractivity contribution in [1.29, 1.82) is 0 Å². The minimum Gasteiger partial charge on any atom is -0.508 e. The lowest BCUT2D eigenvalue weighted by atomic mass is 10.0. The van der Waals surface area contributed by atoms with Crippen LogP contribution in [0.4, 0.5) is 0 Å². The molecule has 0 heterocycles. The van der Waals surface area contributed by atoms with Crippen LogP contribution in [0.3, 0.4) is 0 Å². The topological polar surface area (TPSA) is 73.1 Å². The van der Waals surface area contributed by atoms with E-state index in [1.54, 1.807) is 48.5 Å². The summed E-state index contributed by atoms with van der Waals surface area (Å²) >= 11 is 19.2. The maximum atomic E-state index is 9.24. The molecule has 0 aliphatic carbocycles. The van der Waals surface area contributed by atoms with Gasteiger partial charge < -0.3 is 15.4 Å². The van der Waals surface area contributed by atoms with Crippen LogP contribution < -0.4 is 0 Å². The molecule has 0 saturated heterocycles. The number of aromatic hydroxyl groups is 2. The molecule has 0 aromatic heterocycles. The third-order valence-corrected chi connectivity index (χ3v) is 6.48. The molecule has 4 rings (SSSR count). The van der Waals surface area contributed by atoms with Crippen molar-refractivity contribution in [1.82, 2.24) is 0 Å². The van der Waals surface area contributed by atoms with Gasteiger partial charge >= 0.3 is 0 Å². The Hall–Kier alpha value is -2.51. The van der Waals surface area contributed by atoms with Crippen LogP contribution in [-0.2, 0) is 0 Å². The number of hydrogen-bond acceptors (Lipinski definition) is 4. The van der Waals surface area contributed by atoms with Crippen molar-refractivity contribution in [3.05, 3.63) is 106 Å². The van der Waals surface area contributed by atoms with E-state index in [-0.39, 0.29) is 15.2 Å². The average Bonchev–Trinajstić information content (AvgIpc) is 2.81. The van der Waals surface area contributed by atoms with E-state index in [2.05, 4.69) is 37.0 Å². The lowest BCUT2D eigenvalue weighted by Crippen LogP contribution is -1.84. The number of phenols is 2. The zero-order chi connectivity index (χ0) is 24.7. The van der Waals surface area contributed by atoms with Crippen molar-refractivity contribution in [3.63, 3.8) is 0 Å². The van der Waals surface area contributed by atoms with E-state index >= 15 is 0 Å². The van der Waals surface area contributed by atoms with Gasteiger partial charge in [0.15, 0.2) is 0 Å². The molecule has 0 bridgehead atoms. The zero-order valence-electron chi connectivity index (χ0n) is 17.5. The second kappa shape index (κ2) is 12.3. The Bertz CT molecular complexity index is 1280. The average molecular weight is 624 g/mol. The third kappa shape index (κ3) is 7.00. The maximum absolute atomic E-state index is 9.24. The first-order valence-electron chi connectivity index (χ1n) is 9.92. The van der Waals surface area contributed by atoms with Gasteiger partial charge in [-0.15, -0.1) is 0 Å². The van der Waals surface area contributed by atoms with Gasteiger partial charge in [-0.05, 0) is 58.7 Å². The molecule has 3 N–H and O–H groups in total. The van der Waals surface area contributed by atoms with E-state index in [1.165, 1.54) is 6.21 Å². The van der Waals surface area contributed by atoms with E-state index in [4.69, 9.17) is 28.4 Å². The molecule has 0 radical (unpaired) electrons. The summed E-state index contributed by atoms with van der Waals surface area (Å²) in [6, 6.07) is 25.0. The highest BCUT2D eigenvalue weighted by Crippen LogP contribution is 2.35. The maximum Gasteiger partial charge on any atom is 0.115 e. The first kappa shape index (κ1) is 26.1. The summed E-state index contributed by atoms with van der Waals surface area (Å²) in [6.07, 6.45) is 1.31. The highest BCUT2D eigenvalue weighted by molar-refractivity contribution is 9.24. The third-order valence-electron chi connectivity index (χ3n) is 4.80. The number of alkyl halides is 2. The van der Waals surface area contributed by atoms with Gasteiger partial charge in [-0.2, -0.15) is 0 Å². The Labute approximate surface area is 224 Å². The zero-order valence-corrected chi connectivity index (χ0v) is 22.2. The molecule has 0 aliphatic rings. The molecule has 4 aromatic carbocycles. The normalized spacial score (nSPS) is 10.9. The van der Waals surface area contributed by atoms with Crippen LogP contribution in [-0.4, -0.2) is 21.6 Å². The fourth-order valence-corrected chi connectivity index (χ4v) is 4.26. The van der Waals surface area contributed by atoms with Gasteiger partial charge in [-0.1, -0.05) is 109 Å². The summed E-state index contributed by atoms with van der Waals surface area (Å²) in [4.78, 5) is 0. The van der Waals surface area contributed by atoms with Crippen molar-refractivity contribution < 1.29 is 15.4 Å². The van der Waals surface area contributed by atoms with Crippen LogP contribution in [0.2, 0.25) is 10.0 Å². The summed E-state index contributed by atoms with van der Waals surface area (Å²) in [6.45, 7) is 0. The number of halogens is 4. The smallest absolute Gasteiger partial charge is 0.115 e. The van der Waals surface area contributed by atoms with Crippen molar-refractivity contribution in [2.75, 3.05) is 0 Å². The summed E-state index contributed by atoms with van der Waals surface area (Å²) in [5, 5.41) is 31.1. The number of oxime groups is 1. The van der Waals surface area contributed by atoms with E-state index in [0.29, 0.717) is 10.0 Å². The Morgan fingerprint density at radius 3 is 1.56 bits per heavy atom. The van der Waals surface area contributed by atoms with E-state index in [0.717, 1.165) is 33.4 Å². The van der Waals surface area contributed by atoms with Gasteiger partial charge in [0, 0.05) is 21.2 Å². The Balaban J connectivity index is 0.000000191. The fraction of sp³-hybridized carbons (Fsp3) is 0.0385. The van der Waals surface area contributed by atoms with Crippen LogP contribution in [0.5, 0.6) is 11.5 Å². The van der Waals surface area contributed by atoms with Gasteiger partial charge in [-0.25, -0.2) is 0 Å². The van der Waals surface area contributed by atoms with E-state index < -0.39 is 0 Å². The minimum atomic E-state index is 0.0985. The van der Waals surface area contributed by atoms with Crippen LogP contribution in [0.25, 0.3) is 22.3 Å². The predicted octanol–water partition coefficient (Wildman–Crippen LogP) is 9.02. The quantitative estimate of drug-likeness (QED) is 0.0919. The first-order chi connectivity index (χ1) is 16.3. The molecule has 174 valence electrons. The van der Waals surface area contributed by atoms with Gasteiger partial charge in [-0.3, -0.25) is 0 Å². The SMILES string of the molecule is O/N=C/c1ccc(-c2ccc(O)cc2)c(Cl)c1.Oc1ccc(-c2ccc(C(Br)Br)cc2Cl)cc1. The minimum absolute atomic E-state index is 0.0985. The lowest BCUT2D eigenvalue weighted by molar-refractivity contribution is 0.322. The molecule has 4 nitrogen and oxygen atoms in total. The Morgan fingerprint density at radius 1 is 0.676 bits per heavy atom. The van der Waals surface area contributed by atoms with E-state index in [1.807, 2.05) is 36.4 Å². The monoisotopic (exact) mass is 621 g/mol. The van der Waals surface area contributed by atoms with Gasteiger partial charge in [0.2, 0.25) is 0 Å². The predicted molar refractivity (Wildman–Crippen MR) is 147 cm³/mol. The molecular formula is C26H19Br2Cl2NO3. The van der Waals surface area contributed by atoms with Gasteiger partial charge in [0.25, 0.3) is 0 Å². The molecule has 0 amide bonds. The number of phenolic OH excluding ortho intramolecular Hbond substituents is 2. The van der Waals surface area contributed by atoms with Crippen LogP contribution in [0.1, 0.15) is 14.9 Å². The largest absolute Gasteiger partial charge is 0.508 e. The van der Waals surface area contributed by atoms with Crippen molar-refractivity contribution in [3.8, 4) is 33.8 Å². The van der Waals surface area contributed by atoms with E-state index in [9.17, 15) is 10.2 Å². The number of benzene rings is 4. The molecule has 0 spiro atoms. The summed E-state index contributed by atoms with van der Waals surface area (Å²) in [7, 11) is 0. The number of nitrogens with zero attached hydrogens (tertiary/aromatic N) is 1. The molecule has 0 aliphatic heterocycles. The summed E-state index contributed by atoms with van der Waals surface area (Å²) in [5.74, 6) is 0.469.